The number of carbonyl (C=O) groups is 1. The fraction of sp³-hybridized carbons (Fsp3) is 0.211. The van der Waals surface area contributed by atoms with Gasteiger partial charge in [0.05, 0.1) is 6.61 Å². The highest BCUT2D eigenvalue weighted by Gasteiger charge is 2.01. The molecule has 0 saturated heterocycles. The van der Waals surface area contributed by atoms with E-state index in [-0.39, 0.29) is 13.2 Å². The van der Waals surface area contributed by atoms with E-state index in [2.05, 4.69) is 5.32 Å². The maximum absolute atomic E-state index is 11.6. The van der Waals surface area contributed by atoms with Crippen molar-refractivity contribution in [3.05, 3.63) is 76.9 Å². The first kappa shape index (κ1) is 16.8. The topological polar surface area (TPSA) is 58.6 Å². The number of aliphatic hydroxyl groups is 1. The van der Waals surface area contributed by atoms with Crippen LogP contribution >= 0.6 is 0 Å². The first-order valence-electron chi connectivity index (χ1n) is 7.51. The summed E-state index contributed by atoms with van der Waals surface area (Å²) >= 11 is 0. The van der Waals surface area contributed by atoms with Gasteiger partial charge in [-0.2, -0.15) is 0 Å². The quantitative estimate of drug-likeness (QED) is 0.859. The smallest absolute Gasteiger partial charge is 0.407 e. The molecule has 0 fully saturated rings. The zero-order chi connectivity index (χ0) is 16.5. The number of nitrogens with one attached hydrogen (secondary N) is 1. The average Bonchev–Trinajstić information content (AvgIpc) is 2.59. The van der Waals surface area contributed by atoms with E-state index >= 15 is 0 Å². The van der Waals surface area contributed by atoms with Crippen LogP contribution in [-0.4, -0.2) is 17.7 Å². The lowest BCUT2D eigenvalue weighted by atomic mass is 10.0. The molecule has 0 saturated carbocycles. The van der Waals surface area contributed by atoms with Gasteiger partial charge in [0.2, 0.25) is 0 Å². The van der Waals surface area contributed by atoms with Gasteiger partial charge in [-0.3, -0.25) is 0 Å². The van der Waals surface area contributed by atoms with E-state index in [0.29, 0.717) is 6.54 Å². The molecule has 2 aromatic rings. The van der Waals surface area contributed by atoms with Crippen molar-refractivity contribution in [2.75, 3.05) is 6.54 Å². The predicted octanol–water partition coefficient (Wildman–Crippen LogP) is 3.43. The Labute approximate surface area is 136 Å². The summed E-state index contributed by atoms with van der Waals surface area (Å²) < 4.78 is 5.12. The Morgan fingerprint density at radius 2 is 1.96 bits per heavy atom. The van der Waals surface area contributed by atoms with Gasteiger partial charge in [-0.15, -0.1) is 0 Å². The van der Waals surface area contributed by atoms with Crippen molar-refractivity contribution in [3.8, 4) is 0 Å². The lowest BCUT2D eigenvalue weighted by molar-refractivity contribution is 0.141. The fourth-order valence-electron chi connectivity index (χ4n) is 2.16. The molecule has 2 N–H and O–H groups in total. The molecule has 4 nitrogen and oxygen atoms in total. The lowest BCUT2D eigenvalue weighted by Gasteiger charge is -2.07. The molecule has 2 aromatic carbocycles. The Balaban J connectivity index is 1.77. The molecule has 0 aliphatic carbocycles. The van der Waals surface area contributed by atoms with Crippen molar-refractivity contribution < 1.29 is 14.6 Å². The summed E-state index contributed by atoms with van der Waals surface area (Å²) in [7, 11) is 0. The summed E-state index contributed by atoms with van der Waals surface area (Å²) in [4.78, 5) is 11.6. The third kappa shape index (κ3) is 5.27. The number of hydrogen-bond donors (Lipinski definition) is 2. The van der Waals surface area contributed by atoms with Crippen LogP contribution in [0.5, 0.6) is 0 Å². The van der Waals surface area contributed by atoms with E-state index in [1.54, 1.807) is 0 Å². The van der Waals surface area contributed by atoms with E-state index in [9.17, 15) is 9.90 Å². The highest BCUT2D eigenvalue weighted by molar-refractivity contribution is 5.67. The van der Waals surface area contributed by atoms with Crippen LogP contribution in [0.4, 0.5) is 4.79 Å². The van der Waals surface area contributed by atoms with Crippen LogP contribution in [-0.2, 0) is 18.0 Å². The van der Waals surface area contributed by atoms with Crippen LogP contribution in [0.2, 0.25) is 0 Å². The van der Waals surface area contributed by atoms with Crippen LogP contribution in [0.1, 0.15) is 22.3 Å². The maximum atomic E-state index is 11.6. The monoisotopic (exact) mass is 311 g/mol. The van der Waals surface area contributed by atoms with E-state index in [1.807, 2.05) is 67.6 Å². The normalized spacial score (nSPS) is 10.7. The summed E-state index contributed by atoms with van der Waals surface area (Å²) in [6.45, 7) is 2.63. The Morgan fingerprint density at radius 3 is 2.70 bits per heavy atom. The van der Waals surface area contributed by atoms with Crippen LogP contribution in [0, 0.1) is 6.92 Å². The molecule has 0 bridgehead atoms. The molecule has 4 heteroatoms. The molecular weight excluding hydrogens is 290 g/mol. The Hall–Kier alpha value is -2.59. The van der Waals surface area contributed by atoms with Crippen molar-refractivity contribution in [2.24, 2.45) is 0 Å². The molecular formula is C19H21NO3. The number of carbonyl (C=O) groups excluding carboxylic acids is 1. The zero-order valence-electron chi connectivity index (χ0n) is 13.2. The number of hydrogen-bond acceptors (Lipinski definition) is 3. The highest BCUT2D eigenvalue weighted by atomic mass is 16.5. The Kier molecular flexibility index (Phi) is 6.39. The molecule has 0 atom stereocenters. The molecule has 1 amide bonds. The molecule has 2 rings (SSSR count). The van der Waals surface area contributed by atoms with Gasteiger partial charge in [0.25, 0.3) is 0 Å². The van der Waals surface area contributed by atoms with Gasteiger partial charge < -0.3 is 15.2 Å². The van der Waals surface area contributed by atoms with Crippen molar-refractivity contribution in [3.63, 3.8) is 0 Å². The minimum atomic E-state index is -0.445. The number of aliphatic hydroxyl groups excluding tert-OH is 1. The SMILES string of the molecule is Cc1c(C=CCNC(=O)OCc2ccccc2)cccc1CO. The summed E-state index contributed by atoms with van der Waals surface area (Å²) in [6, 6.07) is 15.3. The fourth-order valence-corrected chi connectivity index (χ4v) is 2.16. The van der Waals surface area contributed by atoms with Gasteiger partial charge in [0.1, 0.15) is 6.61 Å². The Bertz CT molecular complexity index is 666. The zero-order valence-corrected chi connectivity index (χ0v) is 13.2. The van der Waals surface area contributed by atoms with Gasteiger partial charge in [0, 0.05) is 6.54 Å². The molecule has 0 heterocycles. The summed E-state index contributed by atoms with van der Waals surface area (Å²) in [5, 5.41) is 11.9. The molecule has 0 aliphatic rings. The maximum Gasteiger partial charge on any atom is 0.407 e. The third-order valence-corrected chi connectivity index (χ3v) is 3.53. The van der Waals surface area contributed by atoms with Crippen LogP contribution in [0.25, 0.3) is 6.08 Å². The molecule has 0 aromatic heterocycles. The Morgan fingerprint density at radius 1 is 1.17 bits per heavy atom. The van der Waals surface area contributed by atoms with E-state index in [0.717, 1.165) is 22.3 Å². The van der Waals surface area contributed by atoms with Crippen molar-refractivity contribution in [1.82, 2.24) is 5.32 Å². The number of ether oxygens (including phenoxy) is 1. The largest absolute Gasteiger partial charge is 0.445 e. The van der Waals surface area contributed by atoms with E-state index in [1.165, 1.54) is 0 Å². The molecule has 0 aliphatic heterocycles. The number of rotatable bonds is 6. The second-order valence-electron chi connectivity index (χ2n) is 5.13. The second kappa shape index (κ2) is 8.76. The van der Waals surface area contributed by atoms with Crippen LogP contribution in [0.15, 0.2) is 54.6 Å². The van der Waals surface area contributed by atoms with Crippen molar-refractivity contribution in [1.29, 1.82) is 0 Å². The van der Waals surface area contributed by atoms with Gasteiger partial charge in [-0.1, -0.05) is 60.7 Å². The molecule has 23 heavy (non-hydrogen) atoms. The van der Waals surface area contributed by atoms with Gasteiger partial charge in [0.15, 0.2) is 0 Å². The standard InChI is InChI=1S/C19H21NO3/c1-15-17(9-5-10-18(15)13-21)11-6-12-20-19(22)23-14-16-7-3-2-4-8-16/h2-11,21H,12-14H2,1H3,(H,20,22). The first-order chi connectivity index (χ1) is 11.2. The number of alkyl carbamates (subject to hydrolysis) is 1. The number of benzene rings is 2. The van der Waals surface area contributed by atoms with Crippen LogP contribution < -0.4 is 5.32 Å². The van der Waals surface area contributed by atoms with Gasteiger partial charge in [-0.05, 0) is 29.2 Å². The summed E-state index contributed by atoms with van der Waals surface area (Å²) in [5.41, 5.74) is 3.92. The summed E-state index contributed by atoms with van der Waals surface area (Å²) in [6.07, 6.45) is 3.33. The minimum Gasteiger partial charge on any atom is -0.445 e. The summed E-state index contributed by atoms with van der Waals surface area (Å²) in [5.74, 6) is 0. The van der Waals surface area contributed by atoms with Crippen molar-refractivity contribution in [2.45, 2.75) is 20.1 Å². The van der Waals surface area contributed by atoms with E-state index in [4.69, 9.17) is 4.74 Å². The lowest BCUT2D eigenvalue weighted by Crippen LogP contribution is -2.24. The van der Waals surface area contributed by atoms with Crippen molar-refractivity contribution >= 4 is 12.2 Å². The third-order valence-electron chi connectivity index (χ3n) is 3.53. The number of amides is 1. The first-order valence-corrected chi connectivity index (χ1v) is 7.51. The average molecular weight is 311 g/mol. The molecule has 0 radical (unpaired) electrons. The highest BCUT2D eigenvalue weighted by Crippen LogP contribution is 2.15. The van der Waals surface area contributed by atoms with Gasteiger partial charge >= 0.3 is 6.09 Å². The van der Waals surface area contributed by atoms with Gasteiger partial charge in [-0.25, -0.2) is 4.79 Å². The predicted molar refractivity (Wildman–Crippen MR) is 90.8 cm³/mol. The second-order valence-corrected chi connectivity index (χ2v) is 5.13. The van der Waals surface area contributed by atoms with Crippen LogP contribution in [0.3, 0.4) is 0 Å². The van der Waals surface area contributed by atoms with E-state index < -0.39 is 6.09 Å². The minimum absolute atomic E-state index is 0.0254. The molecule has 0 unspecified atom stereocenters. The molecule has 120 valence electrons. The molecule has 0 spiro atoms.